The van der Waals surface area contributed by atoms with Crippen LogP contribution in [0.2, 0.25) is 0 Å². The number of benzene rings is 1. The topological polar surface area (TPSA) is 12.9 Å². The van der Waals surface area contributed by atoms with Gasteiger partial charge in [0.2, 0.25) is 0 Å². The van der Waals surface area contributed by atoms with E-state index >= 15 is 0 Å². The van der Waals surface area contributed by atoms with Gasteiger partial charge < -0.3 is 0 Å². The number of aromatic nitrogens is 1. The quantitative estimate of drug-likeness (QED) is 0.734. The fourth-order valence-electron chi connectivity index (χ4n) is 1.68. The number of rotatable bonds is 1. The third-order valence-corrected chi connectivity index (χ3v) is 3.18. The molecule has 88 valence electrons. The van der Waals surface area contributed by atoms with E-state index < -0.39 is 0 Å². The third-order valence-electron chi connectivity index (χ3n) is 2.69. The van der Waals surface area contributed by atoms with Gasteiger partial charge in [0.15, 0.2) is 0 Å². The SMILES string of the molecule is CC(C)(C)c1ccc(-c2cccc(Br)c2)cn1. The average Bonchev–Trinajstić information content (AvgIpc) is 2.28. The van der Waals surface area contributed by atoms with Crippen LogP contribution in [-0.2, 0) is 5.41 Å². The van der Waals surface area contributed by atoms with Crippen LogP contribution in [-0.4, -0.2) is 4.98 Å². The molecule has 0 fully saturated rings. The van der Waals surface area contributed by atoms with Crippen molar-refractivity contribution in [1.82, 2.24) is 4.98 Å². The van der Waals surface area contributed by atoms with Gasteiger partial charge in [0.1, 0.15) is 0 Å². The molecule has 2 rings (SSSR count). The predicted molar refractivity (Wildman–Crippen MR) is 76.1 cm³/mol. The maximum atomic E-state index is 4.54. The summed E-state index contributed by atoms with van der Waals surface area (Å²) in [7, 11) is 0. The van der Waals surface area contributed by atoms with E-state index in [0.717, 1.165) is 15.7 Å². The molecule has 0 aliphatic carbocycles. The average molecular weight is 290 g/mol. The summed E-state index contributed by atoms with van der Waals surface area (Å²) in [6.07, 6.45) is 1.95. The number of halogens is 1. The van der Waals surface area contributed by atoms with Gasteiger partial charge in [-0.3, -0.25) is 4.98 Å². The van der Waals surface area contributed by atoms with Gasteiger partial charge in [0, 0.05) is 27.3 Å². The lowest BCUT2D eigenvalue weighted by Gasteiger charge is -2.17. The molecular formula is C15H16BrN. The van der Waals surface area contributed by atoms with E-state index in [1.165, 1.54) is 5.56 Å². The van der Waals surface area contributed by atoms with E-state index in [1.807, 2.05) is 18.3 Å². The summed E-state index contributed by atoms with van der Waals surface area (Å²) in [4.78, 5) is 4.54. The van der Waals surface area contributed by atoms with Crippen LogP contribution in [0.1, 0.15) is 26.5 Å². The predicted octanol–water partition coefficient (Wildman–Crippen LogP) is 4.81. The summed E-state index contributed by atoms with van der Waals surface area (Å²) in [6, 6.07) is 12.5. The molecule has 0 atom stereocenters. The molecule has 1 nitrogen and oxygen atoms in total. The van der Waals surface area contributed by atoms with Crippen LogP contribution >= 0.6 is 15.9 Å². The Morgan fingerprint density at radius 2 is 1.76 bits per heavy atom. The summed E-state index contributed by atoms with van der Waals surface area (Å²) in [6.45, 7) is 6.52. The van der Waals surface area contributed by atoms with Crippen molar-refractivity contribution in [2.75, 3.05) is 0 Å². The normalized spacial score (nSPS) is 11.5. The zero-order valence-corrected chi connectivity index (χ0v) is 12.0. The minimum atomic E-state index is 0.107. The Hall–Kier alpha value is -1.15. The number of pyridine rings is 1. The van der Waals surface area contributed by atoms with Crippen LogP contribution in [0.4, 0.5) is 0 Å². The van der Waals surface area contributed by atoms with Crippen molar-refractivity contribution in [1.29, 1.82) is 0 Å². The van der Waals surface area contributed by atoms with E-state index in [2.05, 4.69) is 66.0 Å². The molecule has 0 bridgehead atoms. The highest BCUT2D eigenvalue weighted by molar-refractivity contribution is 9.10. The molecule has 0 aliphatic rings. The molecular weight excluding hydrogens is 274 g/mol. The highest BCUT2D eigenvalue weighted by Crippen LogP contribution is 2.25. The van der Waals surface area contributed by atoms with Gasteiger partial charge in [-0.25, -0.2) is 0 Å². The van der Waals surface area contributed by atoms with E-state index in [1.54, 1.807) is 0 Å². The summed E-state index contributed by atoms with van der Waals surface area (Å²) >= 11 is 3.49. The second kappa shape index (κ2) is 4.61. The van der Waals surface area contributed by atoms with Crippen molar-refractivity contribution in [3.63, 3.8) is 0 Å². The second-order valence-corrected chi connectivity index (χ2v) is 6.11. The van der Waals surface area contributed by atoms with Gasteiger partial charge in [-0.1, -0.05) is 54.9 Å². The van der Waals surface area contributed by atoms with Crippen LogP contribution in [0.25, 0.3) is 11.1 Å². The highest BCUT2D eigenvalue weighted by Gasteiger charge is 2.14. The lowest BCUT2D eigenvalue weighted by molar-refractivity contribution is 0.569. The molecule has 0 aliphatic heterocycles. The van der Waals surface area contributed by atoms with Gasteiger partial charge >= 0.3 is 0 Å². The fourth-order valence-corrected chi connectivity index (χ4v) is 2.08. The number of nitrogens with zero attached hydrogens (tertiary/aromatic N) is 1. The van der Waals surface area contributed by atoms with Gasteiger partial charge in [-0.15, -0.1) is 0 Å². The summed E-state index contributed by atoms with van der Waals surface area (Å²) in [5.41, 5.74) is 3.57. The number of hydrogen-bond acceptors (Lipinski definition) is 1. The maximum absolute atomic E-state index is 4.54. The van der Waals surface area contributed by atoms with Crippen LogP contribution < -0.4 is 0 Å². The molecule has 0 saturated heterocycles. The highest BCUT2D eigenvalue weighted by atomic mass is 79.9. The van der Waals surface area contributed by atoms with E-state index in [4.69, 9.17) is 0 Å². The zero-order chi connectivity index (χ0) is 12.5. The first kappa shape index (κ1) is 12.3. The summed E-state index contributed by atoms with van der Waals surface area (Å²) in [5, 5.41) is 0. The lowest BCUT2D eigenvalue weighted by atomic mass is 9.91. The molecule has 0 unspecified atom stereocenters. The van der Waals surface area contributed by atoms with Crippen LogP contribution in [0.15, 0.2) is 47.1 Å². The molecule has 1 aromatic carbocycles. The van der Waals surface area contributed by atoms with Crippen molar-refractivity contribution in [2.45, 2.75) is 26.2 Å². The van der Waals surface area contributed by atoms with Crippen molar-refractivity contribution >= 4 is 15.9 Å². The number of hydrogen-bond donors (Lipinski definition) is 0. The zero-order valence-electron chi connectivity index (χ0n) is 10.4. The molecule has 2 aromatic rings. The van der Waals surface area contributed by atoms with Crippen molar-refractivity contribution in [2.24, 2.45) is 0 Å². The Balaban J connectivity index is 2.36. The minimum Gasteiger partial charge on any atom is -0.260 e. The molecule has 0 radical (unpaired) electrons. The molecule has 0 amide bonds. The first-order valence-corrected chi connectivity index (χ1v) is 6.48. The molecule has 0 spiro atoms. The summed E-state index contributed by atoms with van der Waals surface area (Å²) < 4.78 is 1.09. The van der Waals surface area contributed by atoms with E-state index in [-0.39, 0.29) is 5.41 Å². The second-order valence-electron chi connectivity index (χ2n) is 5.19. The molecule has 0 saturated carbocycles. The Morgan fingerprint density at radius 1 is 1.00 bits per heavy atom. The minimum absolute atomic E-state index is 0.107. The molecule has 17 heavy (non-hydrogen) atoms. The van der Waals surface area contributed by atoms with Gasteiger partial charge in [0.05, 0.1) is 0 Å². The van der Waals surface area contributed by atoms with Gasteiger partial charge in [0.25, 0.3) is 0 Å². The monoisotopic (exact) mass is 289 g/mol. The third kappa shape index (κ3) is 2.95. The van der Waals surface area contributed by atoms with Gasteiger partial charge in [-0.2, -0.15) is 0 Å². The first-order valence-electron chi connectivity index (χ1n) is 5.69. The van der Waals surface area contributed by atoms with E-state index in [9.17, 15) is 0 Å². The van der Waals surface area contributed by atoms with Crippen LogP contribution in [0, 0.1) is 0 Å². The van der Waals surface area contributed by atoms with Crippen LogP contribution in [0.3, 0.4) is 0 Å². The van der Waals surface area contributed by atoms with Crippen LogP contribution in [0.5, 0.6) is 0 Å². The standard InChI is InChI=1S/C15H16BrN/c1-15(2,3)14-8-7-12(10-17-14)11-5-4-6-13(16)9-11/h4-10H,1-3H3. The Bertz CT molecular complexity index is 509. The smallest absolute Gasteiger partial charge is 0.0457 e. The van der Waals surface area contributed by atoms with Gasteiger partial charge in [-0.05, 0) is 23.8 Å². The van der Waals surface area contributed by atoms with E-state index in [0.29, 0.717) is 0 Å². The molecule has 1 heterocycles. The molecule has 1 aromatic heterocycles. The van der Waals surface area contributed by atoms with Crippen molar-refractivity contribution in [3.8, 4) is 11.1 Å². The Kier molecular flexibility index (Phi) is 3.34. The largest absolute Gasteiger partial charge is 0.260 e. The Labute approximate surface area is 111 Å². The Morgan fingerprint density at radius 3 is 2.29 bits per heavy atom. The lowest BCUT2D eigenvalue weighted by Crippen LogP contribution is -2.12. The summed E-state index contributed by atoms with van der Waals surface area (Å²) in [5.74, 6) is 0. The maximum Gasteiger partial charge on any atom is 0.0457 e. The van der Waals surface area contributed by atoms with Crippen molar-refractivity contribution < 1.29 is 0 Å². The molecule has 0 N–H and O–H groups in total. The molecule has 2 heteroatoms. The fraction of sp³-hybridized carbons (Fsp3) is 0.267. The first-order chi connectivity index (χ1) is 7.97. The van der Waals surface area contributed by atoms with Crippen molar-refractivity contribution in [3.05, 3.63) is 52.8 Å².